The van der Waals surface area contributed by atoms with E-state index in [-0.39, 0.29) is 6.04 Å². The minimum atomic E-state index is -3.33. The third-order valence-electron chi connectivity index (χ3n) is 4.33. The first-order valence-electron chi connectivity index (χ1n) is 7.23. The van der Waals surface area contributed by atoms with Gasteiger partial charge in [0.1, 0.15) is 0 Å². The standard InChI is InChI=1S/C15H22N2O2S/c1-15(2)9-11(15)10-16-12-5-7-14(8-6-12)20(18,19)17-13-3-4-13/h5-8,11,13,16-17H,3-4,9-10H2,1-2H3. The lowest BCUT2D eigenvalue weighted by Gasteiger charge is -2.09. The van der Waals surface area contributed by atoms with E-state index in [2.05, 4.69) is 23.9 Å². The van der Waals surface area contributed by atoms with Crippen molar-refractivity contribution < 1.29 is 8.42 Å². The van der Waals surface area contributed by atoms with E-state index in [9.17, 15) is 8.42 Å². The molecule has 3 rings (SSSR count). The summed E-state index contributed by atoms with van der Waals surface area (Å²) in [6.45, 7) is 5.51. The van der Waals surface area contributed by atoms with Gasteiger partial charge in [-0.05, 0) is 54.9 Å². The molecule has 20 heavy (non-hydrogen) atoms. The zero-order valence-electron chi connectivity index (χ0n) is 12.0. The van der Waals surface area contributed by atoms with E-state index in [1.807, 2.05) is 12.1 Å². The highest BCUT2D eigenvalue weighted by Gasteiger charge is 2.44. The number of nitrogens with one attached hydrogen (secondary N) is 2. The summed E-state index contributed by atoms with van der Waals surface area (Å²) in [5.74, 6) is 0.724. The van der Waals surface area contributed by atoms with Gasteiger partial charge in [-0.15, -0.1) is 0 Å². The van der Waals surface area contributed by atoms with Gasteiger partial charge in [0, 0.05) is 18.3 Å². The summed E-state index contributed by atoms with van der Waals surface area (Å²) in [5.41, 5.74) is 1.45. The maximum atomic E-state index is 12.0. The Morgan fingerprint density at radius 1 is 1.20 bits per heavy atom. The number of rotatable bonds is 6. The second kappa shape index (κ2) is 4.74. The fraction of sp³-hybridized carbons (Fsp3) is 0.600. The molecule has 2 aliphatic rings. The molecule has 4 nitrogen and oxygen atoms in total. The van der Waals surface area contributed by atoms with Crippen LogP contribution in [0, 0.1) is 11.3 Å². The SMILES string of the molecule is CC1(C)CC1CNc1ccc(S(=O)(=O)NC2CC2)cc1. The van der Waals surface area contributed by atoms with Crippen LogP contribution in [0.2, 0.25) is 0 Å². The molecule has 0 heterocycles. The Labute approximate surface area is 121 Å². The maximum Gasteiger partial charge on any atom is 0.240 e. The van der Waals surface area contributed by atoms with Crippen LogP contribution in [0.25, 0.3) is 0 Å². The normalized spacial score (nSPS) is 24.4. The average Bonchev–Trinajstić information content (AvgIpc) is 3.27. The van der Waals surface area contributed by atoms with Crippen molar-refractivity contribution in [3.05, 3.63) is 24.3 Å². The van der Waals surface area contributed by atoms with Gasteiger partial charge in [0.2, 0.25) is 10.0 Å². The molecule has 1 unspecified atom stereocenters. The number of benzene rings is 1. The van der Waals surface area contributed by atoms with Crippen molar-refractivity contribution in [1.29, 1.82) is 0 Å². The summed E-state index contributed by atoms with van der Waals surface area (Å²) < 4.78 is 26.7. The number of anilines is 1. The molecular weight excluding hydrogens is 272 g/mol. The van der Waals surface area contributed by atoms with Gasteiger partial charge in [0.05, 0.1) is 4.90 Å². The lowest BCUT2D eigenvalue weighted by Crippen LogP contribution is -2.25. The number of hydrogen-bond donors (Lipinski definition) is 2. The second-order valence-electron chi connectivity index (χ2n) is 6.69. The summed E-state index contributed by atoms with van der Waals surface area (Å²) in [4.78, 5) is 0.349. The van der Waals surface area contributed by atoms with Gasteiger partial charge in [-0.3, -0.25) is 0 Å². The van der Waals surface area contributed by atoms with Gasteiger partial charge in [-0.25, -0.2) is 13.1 Å². The van der Waals surface area contributed by atoms with E-state index >= 15 is 0 Å². The summed E-state index contributed by atoms with van der Waals surface area (Å²) in [5, 5.41) is 3.38. The lowest BCUT2D eigenvalue weighted by atomic mass is 10.1. The summed E-state index contributed by atoms with van der Waals surface area (Å²) in [7, 11) is -3.33. The van der Waals surface area contributed by atoms with E-state index in [1.165, 1.54) is 6.42 Å². The molecule has 5 heteroatoms. The summed E-state index contributed by atoms with van der Waals surface area (Å²) >= 11 is 0. The molecule has 0 amide bonds. The first kappa shape index (κ1) is 13.9. The zero-order chi connectivity index (χ0) is 14.4. The van der Waals surface area contributed by atoms with Gasteiger partial charge >= 0.3 is 0 Å². The van der Waals surface area contributed by atoms with Crippen LogP contribution in [0.15, 0.2) is 29.2 Å². The minimum Gasteiger partial charge on any atom is -0.385 e. The fourth-order valence-corrected chi connectivity index (χ4v) is 3.71. The third-order valence-corrected chi connectivity index (χ3v) is 5.87. The molecule has 2 aliphatic carbocycles. The molecule has 1 aromatic carbocycles. The Morgan fingerprint density at radius 3 is 2.30 bits per heavy atom. The Balaban J connectivity index is 1.59. The van der Waals surface area contributed by atoms with Crippen LogP contribution in [0.3, 0.4) is 0 Å². The molecule has 2 N–H and O–H groups in total. The minimum absolute atomic E-state index is 0.148. The molecule has 1 atom stereocenters. The molecule has 0 aromatic heterocycles. The smallest absolute Gasteiger partial charge is 0.240 e. The van der Waals surface area contributed by atoms with Crippen molar-refractivity contribution in [2.75, 3.05) is 11.9 Å². The second-order valence-corrected chi connectivity index (χ2v) is 8.40. The van der Waals surface area contributed by atoms with Crippen molar-refractivity contribution >= 4 is 15.7 Å². The number of hydrogen-bond acceptors (Lipinski definition) is 3. The van der Waals surface area contributed by atoms with Gasteiger partial charge in [-0.2, -0.15) is 0 Å². The van der Waals surface area contributed by atoms with Crippen molar-refractivity contribution in [3.63, 3.8) is 0 Å². The molecule has 1 aromatic rings. The van der Waals surface area contributed by atoms with Crippen LogP contribution in [0.5, 0.6) is 0 Å². The van der Waals surface area contributed by atoms with Gasteiger partial charge < -0.3 is 5.32 Å². The molecule has 2 saturated carbocycles. The molecule has 0 radical (unpaired) electrons. The zero-order valence-corrected chi connectivity index (χ0v) is 12.8. The van der Waals surface area contributed by atoms with E-state index in [0.29, 0.717) is 10.3 Å². The fourth-order valence-electron chi connectivity index (χ4n) is 2.41. The summed E-state index contributed by atoms with van der Waals surface area (Å²) in [6, 6.07) is 7.18. The Morgan fingerprint density at radius 2 is 1.80 bits per heavy atom. The topological polar surface area (TPSA) is 58.2 Å². The quantitative estimate of drug-likeness (QED) is 0.848. The van der Waals surface area contributed by atoms with E-state index in [4.69, 9.17) is 0 Å². The Hall–Kier alpha value is -1.07. The first-order valence-corrected chi connectivity index (χ1v) is 8.71. The average molecular weight is 294 g/mol. The number of sulfonamides is 1. The Kier molecular flexibility index (Phi) is 3.29. The van der Waals surface area contributed by atoms with Crippen molar-refractivity contribution in [2.24, 2.45) is 11.3 Å². The van der Waals surface area contributed by atoms with E-state index in [0.717, 1.165) is 31.0 Å². The predicted molar refractivity (Wildman–Crippen MR) is 80.2 cm³/mol. The highest BCUT2D eigenvalue weighted by molar-refractivity contribution is 7.89. The summed E-state index contributed by atoms with van der Waals surface area (Å²) in [6.07, 6.45) is 3.17. The molecule has 0 spiro atoms. The van der Waals surface area contributed by atoms with Gasteiger partial charge in [-0.1, -0.05) is 13.8 Å². The van der Waals surface area contributed by atoms with Crippen molar-refractivity contribution in [2.45, 2.75) is 44.0 Å². The monoisotopic (exact) mass is 294 g/mol. The predicted octanol–water partition coefficient (Wildman–Crippen LogP) is 2.59. The van der Waals surface area contributed by atoms with Crippen LogP contribution >= 0.6 is 0 Å². The van der Waals surface area contributed by atoms with Crippen LogP contribution in [-0.4, -0.2) is 21.0 Å². The first-order chi connectivity index (χ1) is 9.37. The van der Waals surface area contributed by atoms with Crippen molar-refractivity contribution in [3.8, 4) is 0 Å². The van der Waals surface area contributed by atoms with Crippen LogP contribution in [-0.2, 0) is 10.0 Å². The van der Waals surface area contributed by atoms with Gasteiger partial charge in [0.15, 0.2) is 0 Å². The van der Waals surface area contributed by atoms with Crippen LogP contribution in [0.1, 0.15) is 33.1 Å². The lowest BCUT2D eigenvalue weighted by molar-refractivity contribution is 0.573. The van der Waals surface area contributed by atoms with Crippen LogP contribution in [0.4, 0.5) is 5.69 Å². The Bertz CT molecular complexity index is 589. The third kappa shape index (κ3) is 3.15. The molecule has 0 saturated heterocycles. The largest absolute Gasteiger partial charge is 0.385 e. The molecular formula is C15H22N2O2S. The maximum absolute atomic E-state index is 12.0. The highest BCUT2D eigenvalue weighted by Crippen LogP contribution is 2.51. The van der Waals surface area contributed by atoms with Crippen LogP contribution < -0.4 is 10.0 Å². The van der Waals surface area contributed by atoms with Gasteiger partial charge in [0.25, 0.3) is 0 Å². The van der Waals surface area contributed by atoms with Crippen molar-refractivity contribution in [1.82, 2.24) is 4.72 Å². The molecule has 0 aliphatic heterocycles. The molecule has 0 bridgehead atoms. The van der Waals surface area contributed by atoms with E-state index in [1.54, 1.807) is 12.1 Å². The van der Waals surface area contributed by atoms with E-state index < -0.39 is 10.0 Å². The molecule has 110 valence electrons. The highest BCUT2D eigenvalue weighted by atomic mass is 32.2. The molecule has 2 fully saturated rings.